The number of hydrogen-bond acceptors (Lipinski definition) is 1. The molecule has 0 spiro atoms. The fourth-order valence-electron chi connectivity index (χ4n) is 2.69. The molecule has 0 aliphatic carbocycles. The van der Waals surface area contributed by atoms with E-state index in [2.05, 4.69) is 6.92 Å². The van der Waals surface area contributed by atoms with Gasteiger partial charge in [0.15, 0.2) is 0 Å². The normalized spacial score (nSPS) is 19.9. The highest BCUT2D eigenvalue weighted by molar-refractivity contribution is 6.33. The zero-order valence-corrected chi connectivity index (χ0v) is 11.6. The minimum atomic E-state index is 0.0961. The van der Waals surface area contributed by atoms with Crippen molar-refractivity contribution in [2.75, 3.05) is 6.54 Å². The summed E-state index contributed by atoms with van der Waals surface area (Å²) >= 11 is 6.12. The van der Waals surface area contributed by atoms with Crippen LogP contribution >= 0.6 is 11.6 Å². The predicted octanol–water partition coefficient (Wildman–Crippen LogP) is 4.13. The van der Waals surface area contributed by atoms with Gasteiger partial charge in [-0.05, 0) is 37.8 Å². The Morgan fingerprint density at radius 1 is 1.39 bits per heavy atom. The van der Waals surface area contributed by atoms with E-state index in [0.717, 1.165) is 32.2 Å². The number of hydrogen-bond donors (Lipinski definition) is 0. The van der Waals surface area contributed by atoms with E-state index < -0.39 is 0 Å². The van der Waals surface area contributed by atoms with Crippen molar-refractivity contribution in [3.63, 3.8) is 0 Å². The SMILES string of the molecule is CCCC1CCCCN1C(=O)c1ccccc1Cl. The Kier molecular flexibility index (Phi) is 4.65. The summed E-state index contributed by atoms with van der Waals surface area (Å²) in [5.41, 5.74) is 0.641. The van der Waals surface area contributed by atoms with Crippen LogP contribution in [0.2, 0.25) is 5.02 Å². The highest BCUT2D eigenvalue weighted by atomic mass is 35.5. The Morgan fingerprint density at radius 2 is 2.17 bits per heavy atom. The Labute approximate surface area is 114 Å². The molecule has 2 rings (SSSR count). The van der Waals surface area contributed by atoms with Crippen molar-refractivity contribution in [3.05, 3.63) is 34.9 Å². The van der Waals surface area contributed by atoms with E-state index in [1.54, 1.807) is 6.07 Å². The standard InChI is InChI=1S/C15H20ClNO/c1-2-7-12-8-5-6-11-17(12)15(18)13-9-3-4-10-14(13)16/h3-4,9-10,12H,2,5-8,11H2,1H3. The molecule has 1 aliphatic heterocycles. The minimum absolute atomic E-state index is 0.0961. The molecule has 1 aromatic rings. The average molecular weight is 266 g/mol. The van der Waals surface area contributed by atoms with Gasteiger partial charge in [0.2, 0.25) is 0 Å². The third-order valence-electron chi connectivity index (χ3n) is 3.61. The molecular formula is C15H20ClNO. The van der Waals surface area contributed by atoms with Crippen molar-refractivity contribution in [1.82, 2.24) is 4.90 Å². The second kappa shape index (κ2) is 6.24. The van der Waals surface area contributed by atoms with Gasteiger partial charge in [-0.3, -0.25) is 4.79 Å². The number of rotatable bonds is 3. The molecule has 1 unspecified atom stereocenters. The predicted molar refractivity (Wildman–Crippen MR) is 75.0 cm³/mol. The van der Waals surface area contributed by atoms with Gasteiger partial charge in [-0.25, -0.2) is 0 Å². The van der Waals surface area contributed by atoms with Crippen molar-refractivity contribution in [3.8, 4) is 0 Å². The van der Waals surface area contributed by atoms with Gasteiger partial charge >= 0.3 is 0 Å². The first-order valence-electron chi connectivity index (χ1n) is 6.79. The van der Waals surface area contributed by atoms with Gasteiger partial charge in [0.25, 0.3) is 5.91 Å². The number of benzene rings is 1. The molecule has 2 nitrogen and oxygen atoms in total. The lowest BCUT2D eigenvalue weighted by Crippen LogP contribution is -2.43. The summed E-state index contributed by atoms with van der Waals surface area (Å²) < 4.78 is 0. The average Bonchev–Trinajstić information content (AvgIpc) is 2.40. The topological polar surface area (TPSA) is 20.3 Å². The van der Waals surface area contributed by atoms with Crippen LogP contribution in [0, 0.1) is 0 Å². The maximum absolute atomic E-state index is 12.5. The third kappa shape index (κ3) is 2.86. The number of piperidine rings is 1. The van der Waals surface area contributed by atoms with Crippen LogP contribution in [0.15, 0.2) is 24.3 Å². The van der Waals surface area contributed by atoms with Gasteiger partial charge in [-0.15, -0.1) is 0 Å². The van der Waals surface area contributed by atoms with Crippen molar-refractivity contribution in [2.24, 2.45) is 0 Å². The van der Waals surface area contributed by atoms with Gasteiger partial charge in [0.05, 0.1) is 10.6 Å². The van der Waals surface area contributed by atoms with Crippen LogP contribution in [0.25, 0.3) is 0 Å². The van der Waals surface area contributed by atoms with Crippen molar-refractivity contribution < 1.29 is 4.79 Å². The largest absolute Gasteiger partial charge is 0.336 e. The van der Waals surface area contributed by atoms with Gasteiger partial charge in [-0.2, -0.15) is 0 Å². The smallest absolute Gasteiger partial charge is 0.255 e. The Morgan fingerprint density at radius 3 is 2.89 bits per heavy atom. The highest BCUT2D eigenvalue weighted by Gasteiger charge is 2.27. The first-order chi connectivity index (χ1) is 8.74. The molecular weight excluding hydrogens is 246 g/mol. The molecule has 1 fully saturated rings. The lowest BCUT2D eigenvalue weighted by Gasteiger charge is -2.36. The monoisotopic (exact) mass is 265 g/mol. The molecule has 1 atom stereocenters. The summed E-state index contributed by atoms with van der Waals surface area (Å²) in [6, 6.07) is 7.74. The van der Waals surface area contributed by atoms with E-state index in [4.69, 9.17) is 11.6 Å². The number of nitrogens with zero attached hydrogens (tertiary/aromatic N) is 1. The lowest BCUT2D eigenvalue weighted by molar-refractivity contribution is 0.0601. The van der Waals surface area contributed by atoms with Crippen LogP contribution in [0.1, 0.15) is 49.4 Å². The van der Waals surface area contributed by atoms with Gasteiger partial charge in [0, 0.05) is 12.6 Å². The fraction of sp³-hybridized carbons (Fsp3) is 0.533. The molecule has 18 heavy (non-hydrogen) atoms. The summed E-state index contributed by atoms with van der Waals surface area (Å²) in [6.07, 6.45) is 5.69. The zero-order valence-electron chi connectivity index (χ0n) is 10.9. The molecule has 0 N–H and O–H groups in total. The van der Waals surface area contributed by atoms with Crippen LogP contribution in [-0.2, 0) is 0 Å². The quantitative estimate of drug-likeness (QED) is 0.805. The summed E-state index contributed by atoms with van der Waals surface area (Å²) in [7, 11) is 0. The van der Waals surface area contributed by atoms with Crippen molar-refractivity contribution in [2.45, 2.75) is 45.1 Å². The summed E-state index contributed by atoms with van der Waals surface area (Å²) in [5.74, 6) is 0.0961. The number of likely N-dealkylation sites (tertiary alicyclic amines) is 1. The highest BCUT2D eigenvalue weighted by Crippen LogP contribution is 2.25. The maximum Gasteiger partial charge on any atom is 0.255 e. The summed E-state index contributed by atoms with van der Waals surface area (Å²) in [6.45, 7) is 3.04. The number of carbonyl (C=O) groups excluding carboxylic acids is 1. The summed E-state index contributed by atoms with van der Waals surface area (Å²) in [4.78, 5) is 14.6. The van der Waals surface area contributed by atoms with Crippen molar-refractivity contribution >= 4 is 17.5 Å². The second-order valence-electron chi connectivity index (χ2n) is 4.92. The molecule has 1 aromatic carbocycles. The Balaban J connectivity index is 2.18. The maximum atomic E-state index is 12.5. The molecule has 0 saturated carbocycles. The molecule has 0 aromatic heterocycles. The van der Waals surface area contributed by atoms with Crippen LogP contribution in [0.5, 0.6) is 0 Å². The summed E-state index contributed by atoms with van der Waals surface area (Å²) in [5, 5.41) is 0.559. The van der Waals surface area contributed by atoms with E-state index in [9.17, 15) is 4.79 Å². The molecule has 1 saturated heterocycles. The van der Waals surface area contributed by atoms with E-state index in [1.165, 1.54) is 6.42 Å². The van der Waals surface area contributed by atoms with E-state index in [1.807, 2.05) is 23.1 Å². The first-order valence-corrected chi connectivity index (χ1v) is 7.17. The zero-order chi connectivity index (χ0) is 13.0. The Bertz CT molecular complexity index is 417. The van der Waals surface area contributed by atoms with Gasteiger partial charge in [-0.1, -0.05) is 37.1 Å². The van der Waals surface area contributed by atoms with Crippen LogP contribution < -0.4 is 0 Å². The molecule has 1 amide bonds. The third-order valence-corrected chi connectivity index (χ3v) is 3.94. The van der Waals surface area contributed by atoms with Crippen LogP contribution in [0.3, 0.4) is 0 Å². The van der Waals surface area contributed by atoms with E-state index in [-0.39, 0.29) is 5.91 Å². The minimum Gasteiger partial charge on any atom is -0.336 e. The Hall–Kier alpha value is -1.02. The lowest BCUT2D eigenvalue weighted by atomic mass is 9.97. The van der Waals surface area contributed by atoms with Crippen LogP contribution in [-0.4, -0.2) is 23.4 Å². The molecule has 0 radical (unpaired) electrons. The fourth-order valence-corrected chi connectivity index (χ4v) is 2.91. The second-order valence-corrected chi connectivity index (χ2v) is 5.32. The van der Waals surface area contributed by atoms with Gasteiger partial charge < -0.3 is 4.90 Å². The molecule has 98 valence electrons. The molecule has 3 heteroatoms. The number of halogens is 1. The van der Waals surface area contributed by atoms with Gasteiger partial charge in [0.1, 0.15) is 0 Å². The molecule has 0 bridgehead atoms. The van der Waals surface area contributed by atoms with E-state index in [0.29, 0.717) is 16.6 Å². The number of carbonyl (C=O) groups is 1. The van der Waals surface area contributed by atoms with E-state index >= 15 is 0 Å². The molecule has 1 aliphatic rings. The van der Waals surface area contributed by atoms with Crippen LogP contribution in [0.4, 0.5) is 0 Å². The first kappa shape index (κ1) is 13.4. The molecule has 1 heterocycles. The van der Waals surface area contributed by atoms with Crippen molar-refractivity contribution in [1.29, 1.82) is 0 Å². The number of amides is 1.